The Morgan fingerprint density at radius 3 is 2.81 bits per heavy atom. The van der Waals surface area contributed by atoms with E-state index in [4.69, 9.17) is 4.74 Å². The van der Waals surface area contributed by atoms with Gasteiger partial charge in [-0.25, -0.2) is 0 Å². The van der Waals surface area contributed by atoms with E-state index in [0.717, 1.165) is 19.6 Å². The molecule has 1 aromatic rings. The van der Waals surface area contributed by atoms with Crippen molar-refractivity contribution in [3.8, 4) is 0 Å². The van der Waals surface area contributed by atoms with Gasteiger partial charge in [0, 0.05) is 36.7 Å². The van der Waals surface area contributed by atoms with Crippen LogP contribution in [-0.2, 0) is 18.2 Å². The van der Waals surface area contributed by atoms with Crippen LogP contribution in [0.15, 0.2) is 0 Å². The SMILES string of the molecule is Cc1nn(C)c(C)c1CCN[C@@H]1[C@@H]2CCCO[C@@H]2C1(C)C. The third-order valence-electron chi connectivity index (χ3n) is 5.73. The second kappa shape index (κ2) is 5.40. The predicted molar refractivity (Wildman–Crippen MR) is 84.4 cm³/mol. The second-order valence-electron chi connectivity index (χ2n) is 7.37. The predicted octanol–water partition coefficient (Wildman–Crippen LogP) is 2.37. The number of nitrogens with zero attached hydrogens (tertiary/aromatic N) is 2. The molecule has 1 aliphatic carbocycles. The highest BCUT2D eigenvalue weighted by molar-refractivity contribution is 5.24. The molecule has 0 bridgehead atoms. The van der Waals surface area contributed by atoms with Gasteiger partial charge in [-0.05, 0) is 45.2 Å². The summed E-state index contributed by atoms with van der Waals surface area (Å²) in [7, 11) is 2.03. The molecule has 118 valence electrons. The van der Waals surface area contributed by atoms with Crippen LogP contribution in [0.4, 0.5) is 0 Å². The first kappa shape index (κ1) is 15.0. The van der Waals surface area contributed by atoms with Gasteiger partial charge in [-0.15, -0.1) is 0 Å². The van der Waals surface area contributed by atoms with Gasteiger partial charge in [0.1, 0.15) is 0 Å². The van der Waals surface area contributed by atoms with E-state index in [0.29, 0.717) is 18.1 Å². The van der Waals surface area contributed by atoms with Gasteiger partial charge in [0.05, 0.1) is 11.8 Å². The molecule has 0 unspecified atom stereocenters. The number of fused-ring (bicyclic) bond motifs is 1. The number of hydrogen-bond acceptors (Lipinski definition) is 3. The Labute approximate surface area is 128 Å². The van der Waals surface area contributed by atoms with E-state index in [1.165, 1.54) is 29.8 Å². The summed E-state index contributed by atoms with van der Waals surface area (Å²) >= 11 is 0. The number of nitrogens with one attached hydrogen (secondary N) is 1. The first-order chi connectivity index (χ1) is 9.93. The number of aryl methyl sites for hydroxylation is 2. The summed E-state index contributed by atoms with van der Waals surface area (Å²) in [6, 6.07) is 0.597. The Balaban J connectivity index is 1.58. The maximum absolute atomic E-state index is 5.98. The second-order valence-corrected chi connectivity index (χ2v) is 7.37. The van der Waals surface area contributed by atoms with E-state index in [2.05, 4.69) is 38.1 Å². The first-order valence-electron chi connectivity index (χ1n) is 8.27. The number of rotatable bonds is 4. The molecule has 1 aromatic heterocycles. The molecule has 4 heteroatoms. The molecule has 21 heavy (non-hydrogen) atoms. The quantitative estimate of drug-likeness (QED) is 0.925. The lowest BCUT2D eigenvalue weighted by Gasteiger charge is -2.60. The number of hydrogen-bond donors (Lipinski definition) is 1. The van der Waals surface area contributed by atoms with E-state index in [1.54, 1.807) is 0 Å². The zero-order valence-electron chi connectivity index (χ0n) is 14.1. The van der Waals surface area contributed by atoms with Crippen LogP contribution in [-0.4, -0.2) is 35.1 Å². The molecule has 1 saturated heterocycles. The molecule has 1 aliphatic heterocycles. The monoisotopic (exact) mass is 291 g/mol. The van der Waals surface area contributed by atoms with E-state index < -0.39 is 0 Å². The summed E-state index contributed by atoms with van der Waals surface area (Å²) in [5, 5.41) is 8.31. The maximum Gasteiger partial charge on any atom is 0.0684 e. The lowest BCUT2D eigenvalue weighted by atomic mass is 9.55. The van der Waals surface area contributed by atoms with Crippen LogP contribution in [0.5, 0.6) is 0 Å². The summed E-state index contributed by atoms with van der Waals surface area (Å²) in [5.41, 5.74) is 4.13. The van der Waals surface area contributed by atoms with Crippen molar-refractivity contribution in [3.05, 3.63) is 17.0 Å². The van der Waals surface area contributed by atoms with Gasteiger partial charge in [-0.3, -0.25) is 4.68 Å². The Bertz CT molecular complexity index is 520. The van der Waals surface area contributed by atoms with Crippen LogP contribution in [0, 0.1) is 25.2 Å². The summed E-state index contributed by atoms with van der Waals surface area (Å²) in [5.74, 6) is 0.713. The van der Waals surface area contributed by atoms with Crippen LogP contribution in [0.1, 0.15) is 43.6 Å². The molecule has 0 radical (unpaired) electrons. The van der Waals surface area contributed by atoms with Crippen molar-refractivity contribution in [1.82, 2.24) is 15.1 Å². The lowest BCUT2D eigenvalue weighted by molar-refractivity contribution is -0.192. The number of ether oxygens (including phenoxy) is 1. The molecule has 1 N–H and O–H groups in total. The molecule has 0 spiro atoms. The van der Waals surface area contributed by atoms with E-state index >= 15 is 0 Å². The Morgan fingerprint density at radius 1 is 1.38 bits per heavy atom. The normalized spacial score (nSPS) is 30.8. The highest BCUT2D eigenvalue weighted by Gasteiger charge is 2.57. The zero-order chi connectivity index (χ0) is 15.2. The third kappa shape index (κ3) is 2.42. The number of aromatic nitrogens is 2. The molecular formula is C17H29N3O. The van der Waals surface area contributed by atoms with Gasteiger partial charge in [0.15, 0.2) is 0 Å². The van der Waals surface area contributed by atoms with E-state index in [1.807, 2.05) is 11.7 Å². The molecule has 0 aromatic carbocycles. The fraction of sp³-hybridized carbons (Fsp3) is 0.824. The lowest BCUT2D eigenvalue weighted by Crippen LogP contribution is -2.69. The molecule has 3 atom stereocenters. The van der Waals surface area contributed by atoms with Crippen molar-refractivity contribution < 1.29 is 4.74 Å². The fourth-order valence-corrected chi connectivity index (χ4v) is 4.47. The van der Waals surface area contributed by atoms with Crippen molar-refractivity contribution in [2.75, 3.05) is 13.2 Å². The molecule has 1 saturated carbocycles. The van der Waals surface area contributed by atoms with Gasteiger partial charge < -0.3 is 10.1 Å². The smallest absolute Gasteiger partial charge is 0.0684 e. The van der Waals surface area contributed by atoms with Crippen LogP contribution in [0.25, 0.3) is 0 Å². The highest BCUT2D eigenvalue weighted by Crippen LogP contribution is 2.51. The maximum atomic E-state index is 5.98. The van der Waals surface area contributed by atoms with Crippen LogP contribution in [0.3, 0.4) is 0 Å². The summed E-state index contributed by atoms with van der Waals surface area (Å²) in [4.78, 5) is 0. The van der Waals surface area contributed by atoms with Crippen molar-refractivity contribution >= 4 is 0 Å². The summed E-state index contributed by atoms with van der Waals surface area (Å²) in [6.45, 7) is 10.9. The average molecular weight is 291 g/mol. The van der Waals surface area contributed by atoms with Crippen molar-refractivity contribution in [2.45, 2.75) is 59.1 Å². The highest BCUT2D eigenvalue weighted by atomic mass is 16.5. The summed E-state index contributed by atoms with van der Waals surface area (Å²) in [6.07, 6.45) is 4.06. The third-order valence-corrected chi connectivity index (χ3v) is 5.73. The standard InChI is InChI=1S/C17H29N3O/c1-11-13(12(2)20(5)19-11)8-9-18-15-14-7-6-10-21-16(14)17(15,3)4/h14-16,18H,6-10H2,1-5H3/t14-,15+,16-/m0/s1. The van der Waals surface area contributed by atoms with E-state index in [-0.39, 0.29) is 5.41 Å². The van der Waals surface area contributed by atoms with Crippen molar-refractivity contribution in [1.29, 1.82) is 0 Å². The van der Waals surface area contributed by atoms with Crippen LogP contribution < -0.4 is 5.32 Å². The molecule has 2 aliphatic rings. The van der Waals surface area contributed by atoms with Crippen molar-refractivity contribution in [2.24, 2.45) is 18.4 Å². The molecule has 2 heterocycles. The van der Waals surface area contributed by atoms with Gasteiger partial charge in [-0.1, -0.05) is 13.8 Å². The Kier molecular flexibility index (Phi) is 3.87. The average Bonchev–Trinajstić information content (AvgIpc) is 2.69. The largest absolute Gasteiger partial charge is 0.377 e. The minimum atomic E-state index is 0.268. The first-order valence-corrected chi connectivity index (χ1v) is 8.27. The van der Waals surface area contributed by atoms with Crippen LogP contribution >= 0.6 is 0 Å². The fourth-order valence-electron chi connectivity index (χ4n) is 4.47. The molecular weight excluding hydrogens is 262 g/mol. The topological polar surface area (TPSA) is 39.1 Å². The molecule has 4 nitrogen and oxygen atoms in total. The van der Waals surface area contributed by atoms with Crippen LogP contribution in [0.2, 0.25) is 0 Å². The summed E-state index contributed by atoms with van der Waals surface area (Å²) < 4.78 is 7.96. The van der Waals surface area contributed by atoms with Gasteiger partial charge in [0.25, 0.3) is 0 Å². The van der Waals surface area contributed by atoms with E-state index in [9.17, 15) is 0 Å². The van der Waals surface area contributed by atoms with Gasteiger partial charge in [0.2, 0.25) is 0 Å². The molecule has 0 amide bonds. The zero-order valence-corrected chi connectivity index (χ0v) is 14.1. The minimum absolute atomic E-state index is 0.268. The van der Waals surface area contributed by atoms with Crippen molar-refractivity contribution in [3.63, 3.8) is 0 Å². The Morgan fingerprint density at radius 2 is 2.14 bits per heavy atom. The molecule has 2 fully saturated rings. The Hall–Kier alpha value is -0.870. The minimum Gasteiger partial charge on any atom is -0.377 e. The van der Waals surface area contributed by atoms with Gasteiger partial charge >= 0.3 is 0 Å². The molecule has 3 rings (SSSR count). The van der Waals surface area contributed by atoms with Gasteiger partial charge in [-0.2, -0.15) is 5.10 Å².